The van der Waals surface area contributed by atoms with Crippen LogP contribution in [0, 0.1) is 0 Å². The molecule has 1 unspecified atom stereocenters. The van der Waals surface area contributed by atoms with E-state index in [1.807, 2.05) is 121 Å². The topological polar surface area (TPSA) is 43.4 Å². The van der Waals surface area contributed by atoms with Crippen LogP contribution in [0.15, 0.2) is 121 Å². The van der Waals surface area contributed by atoms with E-state index in [0.717, 1.165) is 22.3 Å². The van der Waals surface area contributed by atoms with Crippen LogP contribution in [0.1, 0.15) is 22.3 Å². The van der Waals surface area contributed by atoms with Gasteiger partial charge in [0, 0.05) is 0 Å². The van der Waals surface area contributed by atoms with Crippen molar-refractivity contribution >= 4 is 17.0 Å². The second-order valence-corrected chi connectivity index (χ2v) is 8.75. The van der Waals surface area contributed by atoms with Gasteiger partial charge in [0.05, 0.1) is 0 Å². The van der Waals surface area contributed by atoms with Gasteiger partial charge in [-0.25, -0.2) is 9.00 Å². The van der Waals surface area contributed by atoms with Gasteiger partial charge in [-0.3, -0.25) is 0 Å². The Kier molecular flexibility index (Phi) is 4.79. The lowest BCUT2D eigenvalue weighted by Gasteiger charge is -2.41. The fourth-order valence-corrected chi connectivity index (χ4v) is 6.40. The molecule has 31 heavy (non-hydrogen) atoms. The molecule has 1 saturated heterocycles. The summed E-state index contributed by atoms with van der Waals surface area (Å²) in [5.74, 6) is -0.518. The molecule has 1 aliphatic rings. The molecular weight excluding hydrogens is 404 g/mol. The predicted octanol–water partition coefficient (Wildman–Crippen LogP) is 5.14. The van der Waals surface area contributed by atoms with E-state index in [-0.39, 0.29) is 0 Å². The second kappa shape index (κ2) is 7.64. The molecule has 0 amide bonds. The highest BCUT2D eigenvalue weighted by Crippen LogP contribution is 2.59. The average molecular weight is 425 g/mol. The molecule has 0 bridgehead atoms. The van der Waals surface area contributed by atoms with Crippen molar-refractivity contribution in [2.75, 3.05) is 0 Å². The van der Waals surface area contributed by atoms with Crippen LogP contribution in [0.2, 0.25) is 0 Å². The Labute approximate surface area is 184 Å². The van der Waals surface area contributed by atoms with Crippen molar-refractivity contribution in [2.24, 2.45) is 0 Å². The standard InChI is InChI=1S/C27H20O3S/c28-25-26(21-13-5-1-6-14-21,22-15-7-2-8-16-22)27(31(29)30-25,23-17-9-3-10-18-23)24-19-11-4-12-20-24/h1-20H. The van der Waals surface area contributed by atoms with Gasteiger partial charge in [-0.05, 0) is 22.3 Å². The first kappa shape index (κ1) is 19.5. The van der Waals surface area contributed by atoms with Gasteiger partial charge in [-0.1, -0.05) is 121 Å². The first-order valence-electron chi connectivity index (χ1n) is 10.1. The van der Waals surface area contributed by atoms with Crippen molar-refractivity contribution < 1.29 is 13.2 Å². The number of carbonyl (C=O) groups excluding carboxylic acids is 1. The van der Waals surface area contributed by atoms with Crippen molar-refractivity contribution in [3.63, 3.8) is 0 Å². The molecule has 1 heterocycles. The third-order valence-electron chi connectivity index (χ3n) is 6.01. The van der Waals surface area contributed by atoms with E-state index in [1.54, 1.807) is 0 Å². The van der Waals surface area contributed by atoms with Crippen molar-refractivity contribution in [3.05, 3.63) is 144 Å². The molecule has 4 aromatic carbocycles. The van der Waals surface area contributed by atoms with Gasteiger partial charge in [0.25, 0.3) is 0 Å². The van der Waals surface area contributed by atoms with Gasteiger partial charge in [0.15, 0.2) is 4.75 Å². The van der Waals surface area contributed by atoms with Gasteiger partial charge in [-0.2, -0.15) is 0 Å². The highest BCUT2D eigenvalue weighted by Gasteiger charge is 2.71. The quantitative estimate of drug-likeness (QED) is 0.456. The summed E-state index contributed by atoms with van der Waals surface area (Å²) in [6, 6.07) is 38.2. The van der Waals surface area contributed by atoms with E-state index in [9.17, 15) is 9.00 Å². The number of carbonyl (C=O) groups is 1. The number of hydrogen-bond acceptors (Lipinski definition) is 3. The van der Waals surface area contributed by atoms with E-state index in [4.69, 9.17) is 4.18 Å². The van der Waals surface area contributed by atoms with Crippen LogP contribution in [-0.2, 0) is 30.2 Å². The SMILES string of the molecule is O=C1OS(=O)C(c2ccccc2)(c2ccccc2)C1(c1ccccc1)c1ccccc1. The maximum atomic E-state index is 13.9. The zero-order valence-electron chi connectivity index (χ0n) is 16.7. The molecule has 0 aliphatic carbocycles. The number of rotatable bonds is 4. The molecule has 0 spiro atoms. The van der Waals surface area contributed by atoms with E-state index in [0.29, 0.717) is 0 Å². The van der Waals surface area contributed by atoms with E-state index < -0.39 is 27.2 Å². The van der Waals surface area contributed by atoms with Crippen LogP contribution in [0.5, 0.6) is 0 Å². The monoisotopic (exact) mass is 424 g/mol. The molecule has 0 saturated carbocycles. The van der Waals surface area contributed by atoms with Crippen molar-refractivity contribution in [1.82, 2.24) is 0 Å². The first-order chi connectivity index (χ1) is 15.2. The van der Waals surface area contributed by atoms with Crippen molar-refractivity contribution in [2.45, 2.75) is 10.2 Å². The molecule has 4 aromatic rings. The zero-order chi connectivity index (χ0) is 21.3. The fraction of sp³-hybridized carbons (Fsp3) is 0.0741. The van der Waals surface area contributed by atoms with Gasteiger partial charge in [0.2, 0.25) is 11.1 Å². The minimum Gasteiger partial charge on any atom is -0.362 e. The molecule has 5 rings (SSSR count). The molecule has 0 radical (unpaired) electrons. The summed E-state index contributed by atoms with van der Waals surface area (Å²) in [5, 5.41) is 0. The number of benzene rings is 4. The minimum atomic E-state index is -1.97. The Hall–Kier alpha value is -3.50. The summed E-state index contributed by atoms with van der Waals surface area (Å²) < 4.78 is 18.3. The van der Waals surface area contributed by atoms with E-state index in [2.05, 4.69) is 0 Å². The maximum absolute atomic E-state index is 13.9. The Morgan fingerprint density at radius 1 is 0.516 bits per heavy atom. The Bertz CT molecular complexity index is 1040. The largest absolute Gasteiger partial charge is 0.362 e. The first-order valence-corrected chi connectivity index (χ1v) is 11.2. The van der Waals surface area contributed by atoms with E-state index >= 15 is 0 Å². The Morgan fingerprint density at radius 3 is 1.19 bits per heavy atom. The third kappa shape index (κ3) is 2.65. The second-order valence-electron chi connectivity index (χ2n) is 7.50. The molecule has 152 valence electrons. The molecule has 1 atom stereocenters. The smallest absolute Gasteiger partial charge is 0.337 e. The average Bonchev–Trinajstić information content (AvgIpc) is 3.08. The predicted molar refractivity (Wildman–Crippen MR) is 122 cm³/mol. The summed E-state index contributed by atoms with van der Waals surface area (Å²) >= 11 is -1.97. The van der Waals surface area contributed by atoms with Gasteiger partial charge in [0.1, 0.15) is 5.41 Å². The summed E-state index contributed by atoms with van der Waals surface area (Å²) in [4.78, 5) is 13.9. The summed E-state index contributed by atoms with van der Waals surface area (Å²) in [6.45, 7) is 0. The third-order valence-corrected chi connectivity index (χ3v) is 7.59. The van der Waals surface area contributed by atoms with Crippen LogP contribution >= 0.6 is 0 Å². The highest BCUT2D eigenvalue weighted by atomic mass is 32.2. The normalized spacial score (nSPS) is 19.0. The molecular formula is C27H20O3S. The summed E-state index contributed by atoms with van der Waals surface area (Å²) in [5.41, 5.74) is 1.67. The maximum Gasteiger partial charge on any atom is 0.337 e. The van der Waals surface area contributed by atoms with Crippen molar-refractivity contribution in [1.29, 1.82) is 0 Å². The minimum absolute atomic E-state index is 0.518. The molecule has 4 heteroatoms. The van der Waals surface area contributed by atoms with E-state index in [1.165, 1.54) is 0 Å². The molecule has 3 nitrogen and oxygen atoms in total. The van der Waals surface area contributed by atoms with Crippen molar-refractivity contribution in [3.8, 4) is 0 Å². The van der Waals surface area contributed by atoms with Crippen LogP contribution in [0.25, 0.3) is 0 Å². The molecule has 0 N–H and O–H groups in total. The Morgan fingerprint density at radius 2 is 0.839 bits per heavy atom. The lowest BCUT2D eigenvalue weighted by atomic mass is 9.60. The van der Waals surface area contributed by atoms with Crippen LogP contribution < -0.4 is 0 Å². The summed E-state index contributed by atoms with van der Waals surface area (Å²) in [7, 11) is 0. The van der Waals surface area contributed by atoms with Crippen LogP contribution in [0.3, 0.4) is 0 Å². The highest BCUT2D eigenvalue weighted by molar-refractivity contribution is 7.82. The molecule has 1 fully saturated rings. The van der Waals surface area contributed by atoms with Crippen LogP contribution in [-0.4, -0.2) is 10.2 Å². The zero-order valence-corrected chi connectivity index (χ0v) is 17.5. The summed E-state index contributed by atoms with van der Waals surface area (Å²) in [6.07, 6.45) is 0. The fourth-order valence-electron chi connectivity index (χ4n) is 4.79. The lowest BCUT2D eigenvalue weighted by Crippen LogP contribution is -2.52. The molecule has 1 aliphatic heterocycles. The molecule has 0 aromatic heterocycles. The Balaban J connectivity index is 2.01. The van der Waals surface area contributed by atoms with Crippen LogP contribution in [0.4, 0.5) is 0 Å². The lowest BCUT2D eigenvalue weighted by molar-refractivity contribution is -0.136. The van der Waals surface area contributed by atoms with Gasteiger partial charge in [-0.15, -0.1) is 0 Å². The van der Waals surface area contributed by atoms with Gasteiger partial charge >= 0.3 is 5.97 Å². The number of hydrogen-bond donors (Lipinski definition) is 0. The van der Waals surface area contributed by atoms with Gasteiger partial charge < -0.3 is 4.18 Å².